The molecule has 0 aliphatic heterocycles. The van der Waals surface area contributed by atoms with Crippen LogP contribution in [-0.2, 0) is 6.54 Å². The van der Waals surface area contributed by atoms with E-state index in [1.54, 1.807) is 29.8 Å². The van der Waals surface area contributed by atoms with E-state index in [4.69, 9.17) is 0 Å². The number of thiophene rings is 1. The van der Waals surface area contributed by atoms with Crippen molar-refractivity contribution in [3.05, 3.63) is 53.7 Å². The van der Waals surface area contributed by atoms with E-state index >= 15 is 0 Å². The van der Waals surface area contributed by atoms with Crippen molar-refractivity contribution in [3.63, 3.8) is 0 Å². The molecule has 3 aromatic rings. The lowest BCUT2D eigenvalue weighted by atomic mass is 10.2. The quantitative estimate of drug-likeness (QED) is 0.608. The molecule has 23 heavy (non-hydrogen) atoms. The molecule has 0 unspecified atom stereocenters. The molecule has 0 aliphatic rings. The Morgan fingerprint density at radius 3 is 2.74 bits per heavy atom. The number of nitrogens with one attached hydrogen (secondary N) is 3. The minimum Gasteiger partial charge on any atom is -0.352 e. The van der Waals surface area contributed by atoms with Gasteiger partial charge in [0.15, 0.2) is 0 Å². The van der Waals surface area contributed by atoms with Gasteiger partial charge in [0, 0.05) is 36.7 Å². The average Bonchev–Trinajstić information content (AvgIpc) is 3.01. The summed E-state index contributed by atoms with van der Waals surface area (Å²) in [7, 11) is 0. The first-order valence-electron chi connectivity index (χ1n) is 7.30. The molecule has 0 spiro atoms. The summed E-state index contributed by atoms with van der Waals surface area (Å²) in [4.78, 5) is 19.9. The van der Waals surface area contributed by atoms with Gasteiger partial charge in [0.05, 0.1) is 0 Å². The summed E-state index contributed by atoms with van der Waals surface area (Å²) < 4.78 is 1.23. The van der Waals surface area contributed by atoms with Crippen LogP contribution in [0.1, 0.15) is 5.56 Å². The summed E-state index contributed by atoms with van der Waals surface area (Å²) in [6.07, 6.45) is 3.33. The molecule has 0 fully saturated rings. The Balaban J connectivity index is 1.40. The molecule has 0 aliphatic carbocycles. The zero-order chi connectivity index (χ0) is 15.9. The van der Waals surface area contributed by atoms with Crippen LogP contribution in [0.15, 0.2) is 48.1 Å². The van der Waals surface area contributed by atoms with Crippen LogP contribution in [0, 0.1) is 0 Å². The number of nitrogens with zero attached hydrogens (tertiary/aromatic N) is 2. The lowest BCUT2D eigenvalue weighted by molar-refractivity contribution is 0.241. The van der Waals surface area contributed by atoms with Crippen LogP contribution < -0.4 is 16.0 Å². The van der Waals surface area contributed by atoms with Crippen molar-refractivity contribution >= 4 is 33.4 Å². The zero-order valence-corrected chi connectivity index (χ0v) is 13.3. The second-order valence-electron chi connectivity index (χ2n) is 4.87. The predicted octanol–water partition coefficient (Wildman–Crippen LogP) is 2.60. The molecule has 2 amide bonds. The summed E-state index contributed by atoms with van der Waals surface area (Å²) >= 11 is 1.69. The second kappa shape index (κ2) is 7.55. The van der Waals surface area contributed by atoms with Gasteiger partial charge in [-0.1, -0.05) is 18.2 Å². The molecule has 6 nitrogen and oxygen atoms in total. The maximum absolute atomic E-state index is 11.8. The van der Waals surface area contributed by atoms with Gasteiger partial charge in [-0.3, -0.25) is 0 Å². The molecule has 0 bridgehead atoms. The number of urea groups is 1. The molecule has 0 atom stereocenters. The van der Waals surface area contributed by atoms with Gasteiger partial charge in [0.2, 0.25) is 5.95 Å². The van der Waals surface area contributed by atoms with E-state index in [1.165, 1.54) is 10.1 Å². The van der Waals surface area contributed by atoms with Crippen LogP contribution in [0.3, 0.4) is 0 Å². The van der Waals surface area contributed by atoms with Gasteiger partial charge in [-0.15, -0.1) is 11.3 Å². The number of fused-ring (bicyclic) bond motifs is 1. The summed E-state index contributed by atoms with van der Waals surface area (Å²) in [5, 5.41) is 12.0. The van der Waals surface area contributed by atoms with E-state index in [-0.39, 0.29) is 6.03 Å². The van der Waals surface area contributed by atoms with Crippen molar-refractivity contribution in [2.45, 2.75) is 6.54 Å². The first kappa shape index (κ1) is 15.2. The summed E-state index contributed by atoms with van der Waals surface area (Å²) in [5.74, 6) is 0.555. The third kappa shape index (κ3) is 4.17. The fraction of sp³-hybridized carbons (Fsp3) is 0.188. The summed E-state index contributed by atoms with van der Waals surface area (Å²) in [5.41, 5.74) is 1.14. The lowest BCUT2D eigenvalue weighted by Gasteiger charge is -2.08. The first-order valence-corrected chi connectivity index (χ1v) is 8.18. The number of aromatic nitrogens is 2. The van der Waals surface area contributed by atoms with E-state index in [2.05, 4.69) is 43.4 Å². The van der Waals surface area contributed by atoms with E-state index in [0.717, 1.165) is 5.56 Å². The van der Waals surface area contributed by atoms with Gasteiger partial charge < -0.3 is 16.0 Å². The number of hydrogen-bond acceptors (Lipinski definition) is 5. The highest BCUT2D eigenvalue weighted by atomic mass is 32.1. The summed E-state index contributed by atoms with van der Waals surface area (Å²) in [6, 6.07) is 9.76. The molecule has 118 valence electrons. The topological polar surface area (TPSA) is 78.9 Å². The zero-order valence-electron chi connectivity index (χ0n) is 12.5. The molecule has 0 saturated carbocycles. The van der Waals surface area contributed by atoms with E-state index in [9.17, 15) is 4.79 Å². The highest BCUT2D eigenvalue weighted by Crippen LogP contribution is 2.25. The standard InChI is InChI=1S/C16H17N5OS/c22-16(20-9-8-19-15-17-6-3-7-18-15)21-10-12-11-23-14-5-2-1-4-13(12)14/h1-7,11H,8-10H2,(H,17,18,19)(H2,20,21,22). The highest BCUT2D eigenvalue weighted by Gasteiger charge is 2.05. The summed E-state index contributed by atoms with van der Waals surface area (Å²) in [6.45, 7) is 1.58. The first-order chi connectivity index (χ1) is 11.3. The maximum atomic E-state index is 11.8. The highest BCUT2D eigenvalue weighted by molar-refractivity contribution is 7.17. The molecule has 2 aromatic heterocycles. The fourth-order valence-corrected chi connectivity index (χ4v) is 3.11. The average molecular weight is 327 g/mol. The van der Waals surface area contributed by atoms with Gasteiger partial charge >= 0.3 is 6.03 Å². The van der Waals surface area contributed by atoms with Crippen LogP contribution in [0.5, 0.6) is 0 Å². The van der Waals surface area contributed by atoms with Crippen molar-refractivity contribution in [1.82, 2.24) is 20.6 Å². The van der Waals surface area contributed by atoms with Crippen molar-refractivity contribution in [2.24, 2.45) is 0 Å². The second-order valence-corrected chi connectivity index (χ2v) is 5.78. The van der Waals surface area contributed by atoms with Crippen molar-refractivity contribution < 1.29 is 4.79 Å². The minimum absolute atomic E-state index is 0.184. The number of hydrogen-bond donors (Lipinski definition) is 3. The number of benzene rings is 1. The maximum Gasteiger partial charge on any atom is 0.315 e. The smallest absolute Gasteiger partial charge is 0.315 e. The molecule has 0 radical (unpaired) electrons. The van der Waals surface area contributed by atoms with E-state index < -0.39 is 0 Å². The molecular weight excluding hydrogens is 310 g/mol. The van der Waals surface area contributed by atoms with Crippen molar-refractivity contribution in [3.8, 4) is 0 Å². The Morgan fingerprint density at radius 1 is 1.04 bits per heavy atom. The monoisotopic (exact) mass is 327 g/mol. The van der Waals surface area contributed by atoms with Gasteiger partial charge in [-0.2, -0.15) is 0 Å². The largest absolute Gasteiger partial charge is 0.352 e. The van der Waals surface area contributed by atoms with Crippen molar-refractivity contribution in [1.29, 1.82) is 0 Å². The molecule has 3 rings (SSSR count). The van der Waals surface area contributed by atoms with E-state index in [1.807, 2.05) is 12.1 Å². The molecule has 0 saturated heterocycles. The van der Waals surface area contributed by atoms with Crippen LogP contribution >= 0.6 is 11.3 Å². The fourth-order valence-electron chi connectivity index (χ4n) is 2.15. The van der Waals surface area contributed by atoms with Crippen LogP contribution in [-0.4, -0.2) is 29.1 Å². The minimum atomic E-state index is -0.184. The number of carbonyl (C=O) groups excluding carboxylic acids is 1. The Labute approximate surface area is 138 Å². The third-order valence-corrected chi connectivity index (χ3v) is 4.27. The molecule has 7 heteroatoms. The molecular formula is C16H17N5OS. The Morgan fingerprint density at radius 2 is 1.87 bits per heavy atom. The van der Waals surface area contributed by atoms with Crippen LogP contribution in [0.2, 0.25) is 0 Å². The predicted molar refractivity (Wildman–Crippen MR) is 92.6 cm³/mol. The number of anilines is 1. The van der Waals surface area contributed by atoms with Crippen molar-refractivity contribution in [2.75, 3.05) is 18.4 Å². The van der Waals surface area contributed by atoms with Gasteiger partial charge in [-0.05, 0) is 28.5 Å². The van der Waals surface area contributed by atoms with Gasteiger partial charge in [0.1, 0.15) is 0 Å². The third-order valence-electron chi connectivity index (χ3n) is 3.26. The van der Waals surface area contributed by atoms with Crippen LogP contribution in [0.25, 0.3) is 10.1 Å². The number of carbonyl (C=O) groups is 1. The van der Waals surface area contributed by atoms with Gasteiger partial charge in [0.25, 0.3) is 0 Å². The number of rotatable bonds is 6. The SMILES string of the molecule is O=C(NCCNc1ncccn1)NCc1csc2ccccc12. The lowest BCUT2D eigenvalue weighted by Crippen LogP contribution is -2.37. The number of amides is 2. The normalized spacial score (nSPS) is 10.4. The van der Waals surface area contributed by atoms with Crippen LogP contribution in [0.4, 0.5) is 10.7 Å². The molecule has 3 N–H and O–H groups in total. The molecule has 1 aromatic carbocycles. The Bertz CT molecular complexity index is 774. The molecule has 2 heterocycles. The van der Waals surface area contributed by atoms with Gasteiger partial charge in [-0.25, -0.2) is 14.8 Å². The Kier molecular flexibility index (Phi) is 5.00. The Hall–Kier alpha value is -2.67. The van der Waals surface area contributed by atoms with E-state index in [0.29, 0.717) is 25.6 Å².